The molecule has 0 radical (unpaired) electrons. The van der Waals surface area contributed by atoms with Crippen molar-refractivity contribution in [3.8, 4) is 11.4 Å². The van der Waals surface area contributed by atoms with Crippen LogP contribution in [0.2, 0.25) is 0 Å². The Labute approximate surface area is 160 Å². The lowest BCUT2D eigenvalue weighted by Gasteiger charge is -2.11. The minimum atomic E-state index is -0.537. The van der Waals surface area contributed by atoms with Crippen molar-refractivity contribution >= 4 is 11.8 Å². The fourth-order valence-electron chi connectivity index (χ4n) is 2.59. The van der Waals surface area contributed by atoms with E-state index < -0.39 is 11.2 Å². The van der Waals surface area contributed by atoms with Crippen molar-refractivity contribution in [2.45, 2.75) is 31.3 Å². The van der Waals surface area contributed by atoms with Crippen molar-refractivity contribution in [3.63, 3.8) is 0 Å². The molecule has 0 aliphatic rings. The van der Waals surface area contributed by atoms with Crippen LogP contribution >= 0.6 is 11.8 Å². The van der Waals surface area contributed by atoms with Crippen molar-refractivity contribution in [1.82, 2.24) is 24.7 Å². The van der Waals surface area contributed by atoms with Gasteiger partial charge in [0.1, 0.15) is 11.6 Å². The minimum Gasteiger partial charge on any atom is -0.497 e. The maximum absolute atomic E-state index is 11.6. The molecule has 2 aromatic heterocycles. The van der Waals surface area contributed by atoms with E-state index in [1.807, 2.05) is 28.8 Å². The van der Waals surface area contributed by atoms with Crippen LogP contribution in [0.5, 0.6) is 5.75 Å². The normalized spacial score (nSPS) is 10.9. The van der Waals surface area contributed by atoms with E-state index in [0.717, 1.165) is 35.2 Å². The van der Waals surface area contributed by atoms with Crippen LogP contribution < -0.4 is 16.0 Å². The highest BCUT2D eigenvalue weighted by molar-refractivity contribution is 7.99. The van der Waals surface area contributed by atoms with Crippen molar-refractivity contribution in [2.24, 2.45) is 0 Å². The van der Waals surface area contributed by atoms with E-state index in [9.17, 15) is 9.59 Å². The molecular weight excluding hydrogens is 366 g/mol. The number of aromatic nitrogens is 5. The van der Waals surface area contributed by atoms with Gasteiger partial charge in [-0.3, -0.25) is 14.3 Å². The number of nitrogens with zero attached hydrogens (tertiary/aromatic N) is 3. The zero-order valence-corrected chi connectivity index (χ0v) is 16.0. The van der Waals surface area contributed by atoms with Gasteiger partial charge in [-0.2, -0.15) is 0 Å². The highest BCUT2D eigenvalue weighted by Crippen LogP contribution is 2.25. The van der Waals surface area contributed by atoms with Crippen LogP contribution in [0.3, 0.4) is 0 Å². The summed E-state index contributed by atoms with van der Waals surface area (Å²) in [5.41, 5.74) is 0.394. The highest BCUT2D eigenvalue weighted by Gasteiger charge is 2.15. The lowest BCUT2D eigenvalue weighted by atomic mass is 10.2. The molecule has 2 N–H and O–H groups in total. The summed E-state index contributed by atoms with van der Waals surface area (Å²) in [6.45, 7) is 2.14. The van der Waals surface area contributed by atoms with Gasteiger partial charge >= 0.3 is 5.69 Å². The second-order valence-electron chi connectivity index (χ2n) is 5.92. The molecule has 27 heavy (non-hydrogen) atoms. The number of aromatic amines is 2. The fraction of sp³-hybridized carbons (Fsp3) is 0.333. The Balaban J connectivity index is 1.99. The molecule has 0 saturated heterocycles. The van der Waals surface area contributed by atoms with Gasteiger partial charge in [0.05, 0.1) is 7.11 Å². The van der Waals surface area contributed by atoms with Gasteiger partial charge in [-0.1, -0.05) is 25.1 Å². The van der Waals surface area contributed by atoms with E-state index >= 15 is 0 Å². The number of rotatable bonds is 8. The maximum atomic E-state index is 11.6. The van der Waals surface area contributed by atoms with E-state index in [2.05, 4.69) is 27.1 Å². The molecule has 0 unspecified atom stereocenters. The van der Waals surface area contributed by atoms with Gasteiger partial charge in [-0.25, -0.2) is 4.79 Å². The summed E-state index contributed by atoms with van der Waals surface area (Å²) in [6.07, 6.45) is 2.47. The summed E-state index contributed by atoms with van der Waals surface area (Å²) >= 11 is 1.63. The largest absolute Gasteiger partial charge is 0.497 e. The van der Waals surface area contributed by atoms with Crippen LogP contribution in [-0.4, -0.2) is 37.6 Å². The van der Waals surface area contributed by atoms with Crippen molar-refractivity contribution in [1.29, 1.82) is 0 Å². The zero-order chi connectivity index (χ0) is 19.2. The van der Waals surface area contributed by atoms with Gasteiger partial charge in [0, 0.05) is 29.6 Å². The lowest BCUT2D eigenvalue weighted by Crippen LogP contribution is -2.23. The van der Waals surface area contributed by atoms with Gasteiger partial charge in [-0.15, -0.1) is 10.2 Å². The Morgan fingerprint density at radius 2 is 1.93 bits per heavy atom. The summed E-state index contributed by atoms with van der Waals surface area (Å²) in [7, 11) is 1.62. The minimum absolute atomic E-state index is 0.284. The molecule has 1 aromatic carbocycles. The average molecular weight is 387 g/mol. The summed E-state index contributed by atoms with van der Waals surface area (Å²) in [5, 5.41) is 9.38. The number of ether oxygens (including phenoxy) is 1. The molecule has 0 spiro atoms. The fourth-order valence-corrected chi connectivity index (χ4v) is 3.65. The molecule has 0 bridgehead atoms. The first-order valence-electron chi connectivity index (χ1n) is 8.64. The molecule has 0 amide bonds. The van der Waals surface area contributed by atoms with E-state index in [4.69, 9.17) is 4.74 Å². The summed E-state index contributed by atoms with van der Waals surface area (Å²) in [4.78, 5) is 27.9. The first kappa shape index (κ1) is 19.0. The zero-order valence-electron chi connectivity index (χ0n) is 15.2. The second kappa shape index (κ2) is 8.72. The highest BCUT2D eigenvalue weighted by atomic mass is 32.2. The number of unbranched alkanes of at least 4 members (excludes halogenated alkanes) is 1. The van der Waals surface area contributed by atoms with E-state index in [0.29, 0.717) is 11.5 Å². The smallest absolute Gasteiger partial charge is 0.325 e. The number of nitrogens with one attached hydrogen (secondary N) is 2. The molecule has 0 fully saturated rings. The van der Waals surface area contributed by atoms with Crippen LogP contribution in [-0.2, 0) is 6.42 Å². The third-order valence-corrected chi connectivity index (χ3v) is 4.94. The molecule has 0 aliphatic carbocycles. The third kappa shape index (κ3) is 4.68. The number of thioether (sulfide) groups is 1. The second-order valence-corrected chi connectivity index (χ2v) is 6.99. The SMILES string of the molecule is CCCCSc1nnc(Cc2cc(=O)[nH]c(=O)[nH]2)n1-c1ccc(OC)cc1. The van der Waals surface area contributed by atoms with Gasteiger partial charge in [0.15, 0.2) is 5.16 Å². The van der Waals surface area contributed by atoms with Crippen molar-refractivity contribution in [2.75, 3.05) is 12.9 Å². The predicted molar refractivity (Wildman–Crippen MR) is 104 cm³/mol. The molecule has 3 aromatic rings. The average Bonchev–Trinajstić information content (AvgIpc) is 3.03. The number of hydrogen-bond donors (Lipinski definition) is 2. The van der Waals surface area contributed by atoms with Crippen LogP contribution in [0.25, 0.3) is 5.69 Å². The van der Waals surface area contributed by atoms with Crippen LogP contribution in [0.4, 0.5) is 0 Å². The maximum Gasteiger partial charge on any atom is 0.325 e. The molecule has 0 atom stereocenters. The number of benzene rings is 1. The molecule has 0 saturated carbocycles. The quantitative estimate of drug-likeness (QED) is 0.453. The molecule has 2 heterocycles. The predicted octanol–water partition coefficient (Wildman–Crippen LogP) is 2.14. The Bertz CT molecular complexity index is 979. The van der Waals surface area contributed by atoms with Crippen LogP contribution in [0.1, 0.15) is 31.3 Å². The molecule has 9 heteroatoms. The monoisotopic (exact) mass is 387 g/mol. The van der Waals surface area contributed by atoms with Crippen LogP contribution in [0, 0.1) is 0 Å². The summed E-state index contributed by atoms with van der Waals surface area (Å²) in [5.74, 6) is 2.33. The lowest BCUT2D eigenvalue weighted by molar-refractivity contribution is 0.414. The van der Waals surface area contributed by atoms with E-state index in [1.54, 1.807) is 18.9 Å². The van der Waals surface area contributed by atoms with Crippen molar-refractivity contribution < 1.29 is 4.74 Å². The summed E-state index contributed by atoms with van der Waals surface area (Å²) in [6, 6.07) is 8.95. The topological polar surface area (TPSA) is 106 Å². The number of hydrogen-bond acceptors (Lipinski definition) is 6. The Kier molecular flexibility index (Phi) is 6.12. The van der Waals surface area contributed by atoms with Gasteiger partial charge in [0.2, 0.25) is 0 Å². The molecule has 0 aliphatic heterocycles. The van der Waals surface area contributed by atoms with Gasteiger partial charge < -0.3 is 9.72 Å². The first-order valence-corrected chi connectivity index (χ1v) is 9.63. The van der Waals surface area contributed by atoms with E-state index in [1.165, 1.54) is 6.07 Å². The molecular formula is C18H21N5O3S. The van der Waals surface area contributed by atoms with E-state index in [-0.39, 0.29) is 6.42 Å². The molecule has 142 valence electrons. The van der Waals surface area contributed by atoms with Gasteiger partial charge in [-0.05, 0) is 30.7 Å². The third-order valence-electron chi connectivity index (χ3n) is 3.92. The molecule has 3 rings (SSSR count). The Morgan fingerprint density at radius 3 is 2.59 bits per heavy atom. The Hall–Kier alpha value is -2.81. The van der Waals surface area contributed by atoms with Crippen molar-refractivity contribution in [3.05, 3.63) is 62.7 Å². The standard InChI is InChI=1S/C18H21N5O3S/c1-3-4-9-27-18-22-21-15(10-12-11-16(24)20-17(25)19-12)23(18)13-5-7-14(26-2)8-6-13/h5-8,11H,3-4,9-10H2,1-2H3,(H2,19,20,24,25). The Morgan fingerprint density at radius 1 is 1.15 bits per heavy atom. The number of H-pyrrole nitrogens is 2. The van der Waals surface area contributed by atoms with Crippen LogP contribution in [0.15, 0.2) is 45.1 Å². The number of methoxy groups -OCH3 is 1. The first-order chi connectivity index (χ1) is 13.1. The summed E-state index contributed by atoms with van der Waals surface area (Å²) < 4.78 is 7.17. The van der Waals surface area contributed by atoms with Gasteiger partial charge in [0.25, 0.3) is 5.56 Å². The molecule has 8 nitrogen and oxygen atoms in total.